The van der Waals surface area contributed by atoms with Crippen molar-refractivity contribution in [1.29, 1.82) is 5.26 Å². The number of nitrogens with zero attached hydrogens (tertiary/aromatic N) is 3. The van der Waals surface area contributed by atoms with Crippen LogP contribution in [0, 0.1) is 25.2 Å². The maximum Gasteiger partial charge on any atom is 0.138 e. The summed E-state index contributed by atoms with van der Waals surface area (Å²) in [6.07, 6.45) is 0. The molecule has 0 saturated heterocycles. The van der Waals surface area contributed by atoms with E-state index in [0.29, 0.717) is 22.9 Å². The van der Waals surface area contributed by atoms with E-state index in [-0.39, 0.29) is 0 Å². The fraction of sp³-hybridized carbons (Fsp3) is 0.188. The largest absolute Gasteiger partial charge is 0.366 e. The number of pyridine rings is 1. The van der Waals surface area contributed by atoms with Gasteiger partial charge in [0, 0.05) is 22.5 Å². The van der Waals surface area contributed by atoms with Crippen LogP contribution in [-0.4, -0.2) is 10.1 Å². The van der Waals surface area contributed by atoms with E-state index in [9.17, 15) is 5.26 Å². The second kappa shape index (κ2) is 5.66. The SMILES string of the molecule is Cc1noc(C)c1CNc1cc(C#N)c2cc(Cl)ccc2n1. The number of benzene rings is 1. The summed E-state index contributed by atoms with van der Waals surface area (Å²) in [7, 11) is 0. The van der Waals surface area contributed by atoms with E-state index in [1.807, 2.05) is 13.8 Å². The number of nitrogens with one attached hydrogen (secondary N) is 1. The predicted octanol–water partition coefficient (Wildman–Crippen LogP) is 3.98. The van der Waals surface area contributed by atoms with E-state index < -0.39 is 0 Å². The normalized spacial score (nSPS) is 10.6. The number of hydrogen-bond donors (Lipinski definition) is 1. The topological polar surface area (TPSA) is 74.7 Å². The van der Waals surface area contributed by atoms with Gasteiger partial charge in [-0.25, -0.2) is 4.98 Å². The van der Waals surface area contributed by atoms with Crippen molar-refractivity contribution in [3.63, 3.8) is 0 Å². The molecule has 0 bridgehead atoms. The minimum atomic E-state index is 0.536. The zero-order valence-corrected chi connectivity index (χ0v) is 12.9. The van der Waals surface area contributed by atoms with Crippen LogP contribution in [0.3, 0.4) is 0 Å². The molecule has 0 aliphatic heterocycles. The van der Waals surface area contributed by atoms with Crippen LogP contribution in [0.2, 0.25) is 5.02 Å². The van der Waals surface area contributed by atoms with Crippen molar-refractivity contribution in [2.45, 2.75) is 20.4 Å². The van der Waals surface area contributed by atoms with Crippen LogP contribution in [0.4, 0.5) is 5.82 Å². The van der Waals surface area contributed by atoms with E-state index in [4.69, 9.17) is 16.1 Å². The lowest BCUT2D eigenvalue weighted by atomic mass is 10.1. The fourth-order valence-electron chi connectivity index (χ4n) is 2.31. The molecule has 1 aromatic carbocycles. The van der Waals surface area contributed by atoms with Crippen LogP contribution in [0.5, 0.6) is 0 Å². The molecule has 0 fully saturated rings. The summed E-state index contributed by atoms with van der Waals surface area (Å²) in [5, 5.41) is 17.8. The van der Waals surface area contributed by atoms with Crippen molar-refractivity contribution in [1.82, 2.24) is 10.1 Å². The van der Waals surface area contributed by atoms with E-state index in [2.05, 4.69) is 21.5 Å². The summed E-state index contributed by atoms with van der Waals surface area (Å²) < 4.78 is 5.13. The van der Waals surface area contributed by atoms with Gasteiger partial charge < -0.3 is 9.84 Å². The molecule has 2 heterocycles. The first-order chi connectivity index (χ1) is 10.6. The number of halogens is 1. The van der Waals surface area contributed by atoms with Crippen molar-refractivity contribution in [2.24, 2.45) is 0 Å². The minimum absolute atomic E-state index is 0.536. The third-order valence-corrected chi connectivity index (χ3v) is 3.75. The Kier molecular flexibility index (Phi) is 3.70. The van der Waals surface area contributed by atoms with Crippen LogP contribution in [0.1, 0.15) is 22.6 Å². The highest BCUT2D eigenvalue weighted by molar-refractivity contribution is 6.31. The summed E-state index contributed by atoms with van der Waals surface area (Å²) in [6, 6.07) is 9.22. The Morgan fingerprint density at radius 1 is 1.32 bits per heavy atom. The summed E-state index contributed by atoms with van der Waals surface area (Å²) in [6.45, 7) is 4.30. The first-order valence-corrected chi connectivity index (χ1v) is 7.12. The number of hydrogen-bond acceptors (Lipinski definition) is 5. The number of rotatable bonds is 3. The lowest BCUT2D eigenvalue weighted by Gasteiger charge is -2.08. The van der Waals surface area contributed by atoms with Crippen LogP contribution in [0.15, 0.2) is 28.8 Å². The molecule has 5 nitrogen and oxygen atoms in total. The first kappa shape index (κ1) is 14.4. The van der Waals surface area contributed by atoms with E-state index in [0.717, 1.165) is 27.9 Å². The molecule has 3 aromatic rings. The summed E-state index contributed by atoms with van der Waals surface area (Å²) in [5.41, 5.74) is 3.10. The Labute approximate surface area is 132 Å². The van der Waals surface area contributed by atoms with E-state index >= 15 is 0 Å². The quantitative estimate of drug-likeness (QED) is 0.791. The molecule has 3 rings (SSSR count). The van der Waals surface area contributed by atoms with Gasteiger partial charge in [0.15, 0.2) is 0 Å². The van der Waals surface area contributed by atoms with Gasteiger partial charge in [-0.2, -0.15) is 5.26 Å². The third kappa shape index (κ3) is 2.61. The molecule has 0 saturated carbocycles. The molecule has 0 unspecified atom stereocenters. The Balaban J connectivity index is 1.95. The average Bonchev–Trinajstić information content (AvgIpc) is 2.83. The van der Waals surface area contributed by atoms with Gasteiger partial charge in [0.25, 0.3) is 0 Å². The third-order valence-electron chi connectivity index (χ3n) is 3.52. The average molecular weight is 313 g/mol. The number of aromatic nitrogens is 2. The van der Waals surface area contributed by atoms with E-state index in [1.54, 1.807) is 24.3 Å². The molecule has 2 aromatic heterocycles. The second-order valence-corrected chi connectivity index (χ2v) is 5.42. The number of nitriles is 1. The van der Waals surface area contributed by atoms with Gasteiger partial charge in [-0.1, -0.05) is 16.8 Å². The van der Waals surface area contributed by atoms with Gasteiger partial charge in [0.05, 0.1) is 22.8 Å². The van der Waals surface area contributed by atoms with E-state index in [1.165, 1.54) is 0 Å². The lowest BCUT2D eigenvalue weighted by Crippen LogP contribution is -2.03. The van der Waals surface area contributed by atoms with Gasteiger partial charge >= 0.3 is 0 Å². The van der Waals surface area contributed by atoms with Gasteiger partial charge in [0.2, 0.25) is 0 Å². The van der Waals surface area contributed by atoms with Crippen LogP contribution in [0.25, 0.3) is 10.9 Å². The Morgan fingerprint density at radius 3 is 2.82 bits per heavy atom. The number of aryl methyl sites for hydroxylation is 2. The molecule has 1 N–H and O–H groups in total. The van der Waals surface area contributed by atoms with Crippen molar-refractivity contribution >= 4 is 28.3 Å². The number of anilines is 1. The van der Waals surface area contributed by atoms with Crippen LogP contribution >= 0.6 is 11.6 Å². The summed E-state index contributed by atoms with van der Waals surface area (Å²) >= 11 is 5.98. The summed E-state index contributed by atoms with van der Waals surface area (Å²) in [5.74, 6) is 1.41. The highest BCUT2D eigenvalue weighted by Gasteiger charge is 2.10. The molecule has 22 heavy (non-hydrogen) atoms. The van der Waals surface area contributed by atoms with Crippen molar-refractivity contribution in [3.05, 3.63) is 51.9 Å². The van der Waals surface area contributed by atoms with Crippen molar-refractivity contribution in [3.8, 4) is 6.07 Å². The molecule has 0 atom stereocenters. The molecular formula is C16H13ClN4O. The monoisotopic (exact) mass is 312 g/mol. The molecule has 110 valence electrons. The van der Waals surface area contributed by atoms with Gasteiger partial charge in [-0.05, 0) is 38.1 Å². The lowest BCUT2D eigenvalue weighted by molar-refractivity contribution is 0.392. The molecule has 0 aliphatic rings. The second-order valence-electron chi connectivity index (χ2n) is 4.98. The van der Waals surface area contributed by atoms with Crippen LogP contribution < -0.4 is 5.32 Å². The molecular weight excluding hydrogens is 300 g/mol. The smallest absolute Gasteiger partial charge is 0.138 e. The summed E-state index contributed by atoms with van der Waals surface area (Å²) in [4.78, 5) is 4.51. The Morgan fingerprint density at radius 2 is 2.14 bits per heavy atom. The van der Waals surface area contributed by atoms with Crippen molar-refractivity contribution in [2.75, 3.05) is 5.32 Å². The molecule has 0 aliphatic carbocycles. The minimum Gasteiger partial charge on any atom is -0.366 e. The van der Waals surface area contributed by atoms with Gasteiger partial charge in [-0.3, -0.25) is 0 Å². The van der Waals surface area contributed by atoms with Crippen LogP contribution in [-0.2, 0) is 6.54 Å². The highest BCUT2D eigenvalue weighted by atomic mass is 35.5. The molecule has 6 heteroatoms. The Bertz CT molecular complexity index is 876. The number of fused-ring (bicyclic) bond motifs is 1. The molecule has 0 spiro atoms. The maximum absolute atomic E-state index is 9.32. The Hall–Kier alpha value is -2.58. The molecule has 0 radical (unpaired) electrons. The highest BCUT2D eigenvalue weighted by Crippen LogP contribution is 2.24. The van der Waals surface area contributed by atoms with Gasteiger partial charge in [0.1, 0.15) is 11.6 Å². The van der Waals surface area contributed by atoms with Crippen molar-refractivity contribution < 1.29 is 4.52 Å². The maximum atomic E-state index is 9.32. The fourth-order valence-corrected chi connectivity index (χ4v) is 2.49. The molecule has 0 amide bonds. The standard InChI is InChI=1S/C16H13ClN4O/c1-9-14(10(2)22-21-9)8-19-16-5-11(7-18)13-6-12(17)3-4-15(13)20-16/h3-6H,8H2,1-2H3,(H,19,20). The predicted molar refractivity (Wildman–Crippen MR) is 84.8 cm³/mol. The zero-order chi connectivity index (χ0) is 15.7. The zero-order valence-electron chi connectivity index (χ0n) is 12.1. The van der Waals surface area contributed by atoms with Gasteiger partial charge in [-0.15, -0.1) is 0 Å². The first-order valence-electron chi connectivity index (χ1n) is 6.74.